The molecule has 1 aromatic carbocycles. The number of nitrogens with one attached hydrogen (secondary N) is 1. The highest BCUT2D eigenvalue weighted by molar-refractivity contribution is 5.85. The van der Waals surface area contributed by atoms with E-state index in [0.29, 0.717) is 13.2 Å². The predicted molar refractivity (Wildman–Crippen MR) is 88.6 cm³/mol. The summed E-state index contributed by atoms with van der Waals surface area (Å²) in [6.07, 6.45) is 0. The minimum absolute atomic E-state index is 0. The van der Waals surface area contributed by atoms with Gasteiger partial charge in [0.2, 0.25) is 5.91 Å². The Morgan fingerprint density at radius 3 is 2.82 bits per heavy atom. The molecule has 2 atom stereocenters. The molecule has 0 saturated carbocycles. The molecule has 6 heteroatoms. The van der Waals surface area contributed by atoms with E-state index in [1.807, 2.05) is 36.1 Å². The number of hydrogen-bond acceptors (Lipinski definition) is 4. The maximum absolute atomic E-state index is 12.6. The first-order valence-electron chi connectivity index (χ1n) is 7.32. The van der Waals surface area contributed by atoms with Gasteiger partial charge in [-0.25, -0.2) is 0 Å². The van der Waals surface area contributed by atoms with Crippen LogP contribution in [0.5, 0.6) is 5.75 Å². The third-order valence-electron chi connectivity index (χ3n) is 3.86. The average molecular weight is 329 g/mol. The summed E-state index contributed by atoms with van der Waals surface area (Å²) in [5.41, 5.74) is 1.05. The largest absolute Gasteiger partial charge is 0.496 e. The Hall–Kier alpha value is -1.30. The quantitative estimate of drug-likeness (QED) is 0.896. The van der Waals surface area contributed by atoms with Crippen molar-refractivity contribution in [3.05, 3.63) is 29.8 Å². The highest BCUT2D eigenvalue weighted by Crippen LogP contribution is 2.31. The van der Waals surface area contributed by atoms with Crippen molar-refractivity contribution in [3.63, 3.8) is 0 Å². The Morgan fingerprint density at radius 1 is 1.41 bits per heavy atom. The second-order valence-corrected chi connectivity index (χ2v) is 5.35. The van der Waals surface area contributed by atoms with Crippen LogP contribution >= 0.6 is 12.4 Å². The highest BCUT2D eigenvalue weighted by atomic mass is 35.5. The SMILES string of the molecule is COCC(C)C(=O)N1CCNCC1c1ccccc1OC.Cl. The number of hydrogen-bond donors (Lipinski definition) is 1. The molecule has 1 aromatic rings. The summed E-state index contributed by atoms with van der Waals surface area (Å²) in [7, 11) is 3.29. The van der Waals surface area contributed by atoms with E-state index in [1.54, 1.807) is 14.2 Å². The predicted octanol–water partition coefficient (Wildman–Crippen LogP) is 1.87. The minimum Gasteiger partial charge on any atom is -0.496 e. The third-order valence-corrected chi connectivity index (χ3v) is 3.86. The van der Waals surface area contributed by atoms with E-state index < -0.39 is 0 Å². The number of benzene rings is 1. The van der Waals surface area contributed by atoms with E-state index in [0.717, 1.165) is 24.4 Å². The lowest BCUT2D eigenvalue weighted by molar-refractivity contribution is -0.140. The van der Waals surface area contributed by atoms with Crippen molar-refractivity contribution in [2.75, 3.05) is 40.5 Å². The van der Waals surface area contributed by atoms with E-state index in [4.69, 9.17) is 9.47 Å². The molecule has 22 heavy (non-hydrogen) atoms. The lowest BCUT2D eigenvalue weighted by atomic mass is 10.00. The molecular weight excluding hydrogens is 304 g/mol. The van der Waals surface area contributed by atoms with Crippen molar-refractivity contribution in [2.45, 2.75) is 13.0 Å². The van der Waals surface area contributed by atoms with E-state index in [1.165, 1.54) is 0 Å². The number of piperazine rings is 1. The molecular formula is C16H25ClN2O3. The molecule has 0 aromatic heterocycles. The number of para-hydroxylation sites is 1. The Morgan fingerprint density at radius 2 is 2.14 bits per heavy atom. The zero-order chi connectivity index (χ0) is 15.2. The van der Waals surface area contributed by atoms with E-state index in [9.17, 15) is 4.79 Å². The van der Waals surface area contributed by atoms with Gasteiger partial charge in [0.05, 0.1) is 25.7 Å². The number of methoxy groups -OCH3 is 2. The van der Waals surface area contributed by atoms with Crippen molar-refractivity contribution >= 4 is 18.3 Å². The first-order chi connectivity index (χ1) is 10.2. The van der Waals surface area contributed by atoms with Crippen LogP contribution in [0.4, 0.5) is 0 Å². The van der Waals surface area contributed by atoms with Crippen LogP contribution in [-0.2, 0) is 9.53 Å². The summed E-state index contributed by atoms with van der Waals surface area (Å²) in [5, 5.41) is 3.36. The molecule has 1 heterocycles. The summed E-state index contributed by atoms with van der Waals surface area (Å²) in [6.45, 7) is 4.62. The number of amides is 1. The van der Waals surface area contributed by atoms with Gasteiger partial charge in [-0.2, -0.15) is 0 Å². The van der Waals surface area contributed by atoms with E-state index in [2.05, 4.69) is 5.32 Å². The van der Waals surface area contributed by atoms with Crippen molar-refractivity contribution < 1.29 is 14.3 Å². The van der Waals surface area contributed by atoms with Gasteiger partial charge < -0.3 is 19.7 Å². The van der Waals surface area contributed by atoms with Crippen LogP contribution in [-0.4, -0.2) is 51.3 Å². The summed E-state index contributed by atoms with van der Waals surface area (Å²) in [4.78, 5) is 14.6. The zero-order valence-corrected chi connectivity index (χ0v) is 14.2. The van der Waals surface area contributed by atoms with Gasteiger partial charge in [0, 0.05) is 32.3 Å². The van der Waals surface area contributed by atoms with Gasteiger partial charge in [-0.3, -0.25) is 4.79 Å². The minimum atomic E-state index is -0.134. The Kier molecular flexibility index (Phi) is 7.65. The van der Waals surface area contributed by atoms with Gasteiger partial charge in [-0.05, 0) is 6.07 Å². The fraction of sp³-hybridized carbons (Fsp3) is 0.562. The van der Waals surface area contributed by atoms with Crippen molar-refractivity contribution in [1.82, 2.24) is 10.2 Å². The molecule has 5 nitrogen and oxygen atoms in total. The molecule has 1 amide bonds. The van der Waals surface area contributed by atoms with Gasteiger partial charge >= 0.3 is 0 Å². The number of nitrogens with zero attached hydrogens (tertiary/aromatic N) is 1. The maximum Gasteiger partial charge on any atom is 0.228 e. The van der Waals surface area contributed by atoms with E-state index in [-0.39, 0.29) is 30.3 Å². The number of halogens is 1. The molecule has 1 saturated heterocycles. The summed E-state index contributed by atoms with van der Waals surface area (Å²) < 4.78 is 10.6. The van der Waals surface area contributed by atoms with Gasteiger partial charge in [-0.1, -0.05) is 25.1 Å². The fourth-order valence-corrected chi connectivity index (χ4v) is 2.79. The van der Waals surface area contributed by atoms with Crippen LogP contribution in [0.3, 0.4) is 0 Å². The molecule has 0 bridgehead atoms. The summed E-state index contributed by atoms with van der Waals surface area (Å²) in [5.74, 6) is 0.822. The normalized spacial score (nSPS) is 19.2. The molecule has 0 aliphatic carbocycles. The summed E-state index contributed by atoms with van der Waals surface area (Å²) >= 11 is 0. The Bertz CT molecular complexity index is 484. The highest BCUT2D eigenvalue weighted by Gasteiger charge is 2.31. The van der Waals surface area contributed by atoms with Crippen LogP contribution < -0.4 is 10.1 Å². The van der Waals surface area contributed by atoms with Crippen LogP contribution in [0.15, 0.2) is 24.3 Å². The Labute approximate surface area is 138 Å². The standard InChI is InChI=1S/C16H24N2O3.ClH/c1-12(11-20-2)16(19)18-9-8-17-10-14(18)13-6-4-5-7-15(13)21-3;/h4-7,12,14,17H,8-11H2,1-3H3;1H. The van der Waals surface area contributed by atoms with Gasteiger partial charge in [0.1, 0.15) is 5.75 Å². The molecule has 1 N–H and O–H groups in total. The molecule has 1 fully saturated rings. The van der Waals surface area contributed by atoms with Crippen molar-refractivity contribution in [1.29, 1.82) is 0 Å². The second kappa shape index (κ2) is 8.98. The molecule has 0 spiro atoms. The van der Waals surface area contributed by atoms with Crippen molar-refractivity contribution in [2.24, 2.45) is 5.92 Å². The monoisotopic (exact) mass is 328 g/mol. The molecule has 1 aliphatic rings. The molecule has 2 rings (SSSR count). The smallest absolute Gasteiger partial charge is 0.228 e. The number of carbonyl (C=O) groups is 1. The van der Waals surface area contributed by atoms with Crippen LogP contribution in [0.25, 0.3) is 0 Å². The van der Waals surface area contributed by atoms with Gasteiger partial charge in [0.15, 0.2) is 0 Å². The van der Waals surface area contributed by atoms with Crippen LogP contribution in [0.2, 0.25) is 0 Å². The number of ether oxygens (including phenoxy) is 2. The first kappa shape index (κ1) is 18.7. The van der Waals surface area contributed by atoms with Crippen LogP contribution in [0, 0.1) is 5.92 Å². The second-order valence-electron chi connectivity index (χ2n) is 5.35. The molecule has 0 radical (unpaired) electrons. The van der Waals surface area contributed by atoms with Gasteiger partial charge in [-0.15, -0.1) is 12.4 Å². The topological polar surface area (TPSA) is 50.8 Å². The molecule has 124 valence electrons. The summed E-state index contributed by atoms with van der Waals surface area (Å²) in [6, 6.07) is 7.89. The fourth-order valence-electron chi connectivity index (χ4n) is 2.79. The lowest BCUT2D eigenvalue weighted by Crippen LogP contribution is -2.50. The van der Waals surface area contributed by atoms with Crippen LogP contribution in [0.1, 0.15) is 18.5 Å². The lowest BCUT2D eigenvalue weighted by Gasteiger charge is -2.38. The van der Waals surface area contributed by atoms with E-state index >= 15 is 0 Å². The molecule has 1 aliphatic heterocycles. The first-order valence-corrected chi connectivity index (χ1v) is 7.32. The zero-order valence-electron chi connectivity index (χ0n) is 13.4. The maximum atomic E-state index is 12.6. The van der Waals surface area contributed by atoms with Gasteiger partial charge in [0.25, 0.3) is 0 Å². The number of rotatable bonds is 5. The Balaban J connectivity index is 0.00000242. The van der Waals surface area contributed by atoms with Crippen molar-refractivity contribution in [3.8, 4) is 5.75 Å². The third kappa shape index (κ3) is 4.12. The number of carbonyl (C=O) groups excluding carboxylic acids is 1. The average Bonchev–Trinajstić information content (AvgIpc) is 2.54. The molecule has 2 unspecified atom stereocenters.